The highest BCUT2D eigenvalue weighted by Crippen LogP contribution is 2.51. The molecule has 0 amide bonds. The largest absolute Gasteiger partial charge is 0.411 e. The van der Waals surface area contributed by atoms with Crippen molar-refractivity contribution in [2.75, 3.05) is 0 Å². The van der Waals surface area contributed by atoms with Gasteiger partial charge in [0, 0.05) is 5.92 Å². The van der Waals surface area contributed by atoms with Crippen molar-refractivity contribution in [1.29, 1.82) is 0 Å². The van der Waals surface area contributed by atoms with Gasteiger partial charge >= 0.3 is 0 Å². The second-order valence-electron chi connectivity index (χ2n) is 11.3. The van der Waals surface area contributed by atoms with Crippen LogP contribution >= 0.6 is 0 Å². The van der Waals surface area contributed by atoms with E-state index in [1.807, 2.05) is 0 Å². The first-order chi connectivity index (χ1) is 11.6. The van der Waals surface area contributed by atoms with Gasteiger partial charge in [-0.1, -0.05) is 47.6 Å². The number of allylic oxidation sites excluding steroid dienone is 1. The lowest BCUT2D eigenvalue weighted by molar-refractivity contribution is -0.105. The monoisotopic (exact) mass is 396 g/mol. The highest BCUT2D eigenvalue weighted by Gasteiger charge is 2.53. The smallest absolute Gasteiger partial charge is 0.192 e. The van der Waals surface area contributed by atoms with Crippen LogP contribution in [-0.4, -0.2) is 35.1 Å². The van der Waals surface area contributed by atoms with E-state index in [0.29, 0.717) is 5.92 Å². The van der Waals surface area contributed by atoms with Crippen LogP contribution in [0.4, 0.5) is 0 Å². The van der Waals surface area contributed by atoms with E-state index in [-0.39, 0.29) is 28.2 Å². The molecular formula is C21H40O3Si2. The van der Waals surface area contributed by atoms with E-state index < -0.39 is 16.6 Å². The van der Waals surface area contributed by atoms with E-state index in [4.69, 9.17) is 8.85 Å². The number of carbonyl (C=O) groups is 1. The van der Waals surface area contributed by atoms with Crippen molar-refractivity contribution in [3.05, 3.63) is 11.6 Å². The summed E-state index contributed by atoms with van der Waals surface area (Å²) in [6.45, 7) is 23.0. The summed E-state index contributed by atoms with van der Waals surface area (Å²) in [7, 11) is -3.83. The molecule has 0 aromatic heterocycles. The van der Waals surface area contributed by atoms with Crippen LogP contribution in [0.5, 0.6) is 0 Å². The zero-order valence-corrected chi connectivity index (χ0v) is 20.6. The maximum Gasteiger partial charge on any atom is 0.192 e. The van der Waals surface area contributed by atoms with E-state index in [9.17, 15) is 4.79 Å². The molecule has 0 unspecified atom stereocenters. The summed E-state index contributed by atoms with van der Waals surface area (Å²) in [6.07, 6.45) is 5.34. The normalized spacial score (nSPS) is 30.3. The molecule has 3 nitrogen and oxygen atoms in total. The van der Waals surface area contributed by atoms with Crippen LogP contribution in [0.25, 0.3) is 0 Å². The molecule has 0 saturated heterocycles. The van der Waals surface area contributed by atoms with Crippen molar-refractivity contribution in [1.82, 2.24) is 0 Å². The van der Waals surface area contributed by atoms with Gasteiger partial charge in [0.1, 0.15) is 6.29 Å². The lowest BCUT2D eigenvalue weighted by atomic mass is 9.94. The second kappa shape index (κ2) is 6.98. The Morgan fingerprint density at radius 2 is 1.46 bits per heavy atom. The molecule has 0 N–H and O–H groups in total. The molecule has 0 aromatic rings. The topological polar surface area (TPSA) is 35.5 Å². The summed E-state index contributed by atoms with van der Waals surface area (Å²) in [5, 5.41) is 0.325. The summed E-state index contributed by atoms with van der Waals surface area (Å²) in [4.78, 5) is 11.7. The molecule has 5 heteroatoms. The van der Waals surface area contributed by atoms with Crippen LogP contribution in [0.15, 0.2) is 11.6 Å². The molecule has 0 aromatic carbocycles. The minimum atomic E-state index is -1.94. The molecule has 1 saturated carbocycles. The number of aldehydes is 1. The van der Waals surface area contributed by atoms with Gasteiger partial charge in [-0.3, -0.25) is 4.79 Å². The van der Waals surface area contributed by atoms with Crippen LogP contribution in [0, 0.1) is 11.8 Å². The van der Waals surface area contributed by atoms with E-state index in [1.54, 1.807) is 0 Å². The molecule has 0 spiro atoms. The first kappa shape index (κ1) is 22.1. The Morgan fingerprint density at radius 3 is 1.92 bits per heavy atom. The minimum Gasteiger partial charge on any atom is -0.411 e. The van der Waals surface area contributed by atoms with Crippen LogP contribution in [0.3, 0.4) is 0 Å². The van der Waals surface area contributed by atoms with E-state index in [1.165, 1.54) is 0 Å². The quantitative estimate of drug-likeness (QED) is 0.426. The molecule has 0 aliphatic heterocycles. The highest BCUT2D eigenvalue weighted by molar-refractivity contribution is 6.74. The van der Waals surface area contributed by atoms with Crippen molar-refractivity contribution in [2.24, 2.45) is 11.8 Å². The zero-order valence-electron chi connectivity index (χ0n) is 18.6. The summed E-state index contributed by atoms with van der Waals surface area (Å²) < 4.78 is 13.8. The van der Waals surface area contributed by atoms with Gasteiger partial charge in [0.2, 0.25) is 0 Å². The van der Waals surface area contributed by atoms with Gasteiger partial charge in [0.25, 0.3) is 0 Å². The number of hydrogen-bond acceptors (Lipinski definition) is 3. The third-order valence-electron chi connectivity index (χ3n) is 7.43. The van der Waals surface area contributed by atoms with Gasteiger partial charge in [0.15, 0.2) is 16.6 Å². The number of fused-ring (bicyclic) bond motifs is 1. The Hall–Kier alpha value is -0.236. The number of hydrogen-bond donors (Lipinski definition) is 0. The van der Waals surface area contributed by atoms with Gasteiger partial charge < -0.3 is 8.85 Å². The van der Waals surface area contributed by atoms with Gasteiger partial charge in [-0.15, -0.1) is 0 Å². The first-order valence-electron chi connectivity index (χ1n) is 10.1. The Balaban J connectivity index is 2.33. The van der Waals surface area contributed by atoms with Crippen molar-refractivity contribution in [3.63, 3.8) is 0 Å². The standard InChI is InChI=1S/C21H40O3Si2/c1-20(2,3)25(7,8)23-17-13-15-11-12-16(14-22)18(15)19(17)24-26(9,10)21(4,5)6/h12,14-15,17-19H,11,13H2,1-10H3/t15-,17-,18+,19-/m1/s1. The molecular weight excluding hydrogens is 356 g/mol. The van der Waals surface area contributed by atoms with E-state index in [2.05, 4.69) is 73.8 Å². The molecule has 150 valence electrons. The molecule has 1 fully saturated rings. The molecule has 2 aliphatic carbocycles. The summed E-state index contributed by atoms with van der Waals surface area (Å²) in [5.74, 6) is 0.719. The first-order valence-corrected chi connectivity index (χ1v) is 15.9. The number of rotatable bonds is 5. The average Bonchev–Trinajstić information content (AvgIpc) is 2.96. The number of carbonyl (C=O) groups excluding carboxylic acids is 1. The van der Waals surface area contributed by atoms with Gasteiger partial charge in [-0.05, 0) is 60.6 Å². The minimum absolute atomic E-state index is 0.0222. The third-order valence-corrected chi connectivity index (χ3v) is 16.4. The van der Waals surface area contributed by atoms with Crippen molar-refractivity contribution in [2.45, 2.75) is 103 Å². The molecule has 0 radical (unpaired) electrons. The summed E-state index contributed by atoms with van der Waals surface area (Å²) in [6, 6.07) is 0. The van der Waals surface area contributed by atoms with Crippen LogP contribution < -0.4 is 0 Å². The maximum absolute atomic E-state index is 11.7. The average molecular weight is 397 g/mol. The lowest BCUT2D eigenvalue weighted by Gasteiger charge is -2.44. The van der Waals surface area contributed by atoms with Gasteiger partial charge in [0.05, 0.1) is 12.2 Å². The Bertz CT molecular complexity index is 567. The van der Waals surface area contributed by atoms with Crippen LogP contribution in [0.2, 0.25) is 36.3 Å². The molecule has 2 aliphatic rings. The van der Waals surface area contributed by atoms with Gasteiger partial charge in [-0.25, -0.2) is 0 Å². The molecule has 4 atom stereocenters. The van der Waals surface area contributed by atoms with Crippen LogP contribution in [0.1, 0.15) is 54.4 Å². The molecule has 0 bridgehead atoms. The second-order valence-corrected chi connectivity index (χ2v) is 20.9. The van der Waals surface area contributed by atoms with Crippen molar-refractivity contribution >= 4 is 22.9 Å². The summed E-state index contributed by atoms with van der Waals surface area (Å²) in [5.41, 5.74) is 0.944. The predicted octanol–water partition coefficient (Wildman–Crippen LogP) is 5.93. The summed E-state index contributed by atoms with van der Waals surface area (Å²) >= 11 is 0. The lowest BCUT2D eigenvalue weighted by Crippen LogP contribution is -2.51. The fourth-order valence-electron chi connectivity index (χ4n) is 3.67. The fourth-order valence-corrected chi connectivity index (χ4v) is 6.34. The maximum atomic E-state index is 11.7. The molecule has 26 heavy (non-hydrogen) atoms. The SMILES string of the molecule is CC(C)(C)[Si](C)(C)O[C@H]1[C@@H]2C(C=O)=CC[C@@H]2C[C@H]1O[Si](C)(C)C(C)(C)C. The predicted molar refractivity (Wildman–Crippen MR) is 115 cm³/mol. The Kier molecular flexibility index (Phi) is 5.92. The molecule has 0 heterocycles. The fraction of sp³-hybridized carbons (Fsp3) is 0.857. The van der Waals surface area contributed by atoms with Crippen LogP contribution in [-0.2, 0) is 13.6 Å². The highest BCUT2D eigenvalue weighted by atomic mass is 28.4. The van der Waals surface area contributed by atoms with E-state index in [0.717, 1.165) is 24.7 Å². The zero-order chi connectivity index (χ0) is 20.1. The van der Waals surface area contributed by atoms with Crippen molar-refractivity contribution < 1.29 is 13.6 Å². The Labute approximate surface area is 163 Å². The van der Waals surface area contributed by atoms with Crippen molar-refractivity contribution in [3.8, 4) is 0 Å². The Morgan fingerprint density at radius 1 is 0.962 bits per heavy atom. The molecule has 2 rings (SSSR count). The van der Waals surface area contributed by atoms with Gasteiger partial charge in [-0.2, -0.15) is 0 Å². The van der Waals surface area contributed by atoms with E-state index >= 15 is 0 Å². The third kappa shape index (κ3) is 4.11.